The number of hydrogen-bond acceptors (Lipinski definition) is 3. The van der Waals surface area contributed by atoms with Crippen LogP contribution in [0.4, 0.5) is 0 Å². The number of carbonyl (C=O) groups excluding carboxylic acids is 1. The molecule has 0 fully saturated rings. The van der Waals surface area contributed by atoms with Crippen molar-refractivity contribution in [2.24, 2.45) is 0 Å². The zero-order valence-corrected chi connectivity index (χ0v) is 9.03. The molecule has 0 bridgehead atoms. The first kappa shape index (κ1) is 11.4. The van der Waals surface area contributed by atoms with Crippen LogP contribution in [0.25, 0.3) is 0 Å². The van der Waals surface area contributed by atoms with Crippen molar-refractivity contribution >= 4 is 26.8 Å². The fraction of sp³-hybridized carbons (Fsp3) is 0.500. The summed E-state index contributed by atoms with van der Waals surface area (Å²) in [7, 11) is 0. The number of rotatable bonds is 3. The summed E-state index contributed by atoms with van der Waals surface area (Å²) in [5.41, 5.74) is 0.224. The number of halogens is 1. The van der Waals surface area contributed by atoms with Gasteiger partial charge in [0, 0.05) is 11.7 Å². The fourth-order valence-electron chi connectivity index (χ4n) is 0.443. The summed E-state index contributed by atoms with van der Waals surface area (Å²) in [6.45, 7) is 5.93. The zero-order valence-electron chi connectivity index (χ0n) is 7.44. The van der Waals surface area contributed by atoms with E-state index in [1.54, 1.807) is 0 Å². The van der Waals surface area contributed by atoms with Gasteiger partial charge in [0.2, 0.25) is 0 Å². The highest BCUT2D eigenvalue weighted by atomic mass is 79.9. The first-order valence-electron chi connectivity index (χ1n) is 3.54. The van der Waals surface area contributed by atoms with Crippen LogP contribution >= 0.6 is 15.9 Å². The van der Waals surface area contributed by atoms with Crippen LogP contribution in [0.3, 0.4) is 0 Å². The minimum absolute atomic E-state index is 0.0866. The third-order valence-corrected chi connectivity index (χ3v) is 1.50. The molecule has 0 aliphatic heterocycles. The van der Waals surface area contributed by atoms with Crippen LogP contribution in [0.1, 0.15) is 20.8 Å². The molecular formula is C8H13BrN2O. The molecule has 0 aromatic rings. The largest absolute Gasteiger partial charge is 0.386 e. The predicted molar refractivity (Wildman–Crippen MR) is 53.7 cm³/mol. The van der Waals surface area contributed by atoms with E-state index >= 15 is 0 Å². The monoisotopic (exact) mass is 232 g/mol. The van der Waals surface area contributed by atoms with Gasteiger partial charge in [-0.1, -0.05) is 0 Å². The molecular weight excluding hydrogens is 220 g/mol. The van der Waals surface area contributed by atoms with E-state index in [0.29, 0.717) is 11.9 Å². The molecule has 12 heavy (non-hydrogen) atoms. The standard InChI is InChI=1S/C8H13BrN2O/c1-8(2,3)11-4-6(5-12)7(9)10/h4-5,10-11H,1-3H3/b6-4-,10-7?. The number of hydrogen-bond donors (Lipinski definition) is 2. The Morgan fingerprint density at radius 1 is 1.50 bits per heavy atom. The van der Waals surface area contributed by atoms with Gasteiger partial charge in [-0.05, 0) is 36.7 Å². The number of carbonyl (C=O) groups is 1. The lowest BCUT2D eigenvalue weighted by molar-refractivity contribution is -0.104. The van der Waals surface area contributed by atoms with Gasteiger partial charge in [-0.15, -0.1) is 0 Å². The highest BCUT2D eigenvalue weighted by molar-refractivity contribution is 9.18. The van der Waals surface area contributed by atoms with Crippen molar-refractivity contribution in [3.63, 3.8) is 0 Å². The van der Waals surface area contributed by atoms with E-state index < -0.39 is 0 Å². The Labute approximate surface area is 80.9 Å². The first-order chi connectivity index (χ1) is 5.37. The Balaban J connectivity index is 4.32. The van der Waals surface area contributed by atoms with Crippen LogP contribution in [0.2, 0.25) is 0 Å². The summed E-state index contributed by atoms with van der Waals surface area (Å²) < 4.78 is 0.0919. The minimum Gasteiger partial charge on any atom is -0.386 e. The van der Waals surface area contributed by atoms with Gasteiger partial charge in [0.05, 0.1) is 5.57 Å². The summed E-state index contributed by atoms with van der Waals surface area (Å²) >= 11 is 2.91. The van der Waals surface area contributed by atoms with Crippen molar-refractivity contribution in [2.45, 2.75) is 26.3 Å². The summed E-state index contributed by atoms with van der Waals surface area (Å²) in [5.74, 6) is 0. The highest BCUT2D eigenvalue weighted by Gasteiger charge is 2.07. The maximum absolute atomic E-state index is 10.4. The van der Waals surface area contributed by atoms with E-state index in [1.165, 1.54) is 6.20 Å². The van der Waals surface area contributed by atoms with Crippen molar-refractivity contribution in [3.05, 3.63) is 11.8 Å². The third-order valence-electron chi connectivity index (χ3n) is 1.04. The topological polar surface area (TPSA) is 53.0 Å². The summed E-state index contributed by atoms with van der Waals surface area (Å²) in [6.07, 6.45) is 2.17. The quantitative estimate of drug-likeness (QED) is 0.444. The third kappa shape index (κ3) is 5.07. The van der Waals surface area contributed by atoms with Crippen LogP contribution in [0.15, 0.2) is 11.8 Å². The SMILES string of the molecule is CC(C)(C)N/C=C(/C=O)C(=N)Br. The maximum Gasteiger partial charge on any atom is 0.154 e. The van der Waals surface area contributed by atoms with Crippen molar-refractivity contribution in [1.29, 1.82) is 5.41 Å². The molecule has 0 saturated heterocycles. The molecule has 68 valence electrons. The second-order valence-corrected chi connectivity index (χ2v) is 4.22. The molecule has 0 atom stereocenters. The second kappa shape index (κ2) is 4.40. The number of allylic oxidation sites excluding steroid dienone is 1. The van der Waals surface area contributed by atoms with E-state index in [-0.39, 0.29) is 10.2 Å². The van der Waals surface area contributed by atoms with Gasteiger partial charge in [-0.3, -0.25) is 10.2 Å². The average molecular weight is 233 g/mol. The molecule has 0 aliphatic carbocycles. The molecule has 0 unspecified atom stereocenters. The Bertz CT molecular complexity index is 216. The van der Waals surface area contributed by atoms with Gasteiger partial charge in [-0.2, -0.15) is 0 Å². The molecule has 2 N–H and O–H groups in total. The zero-order chi connectivity index (χ0) is 9.78. The lowest BCUT2D eigenvalue weighted by atomic mass is 10.1. The Morgan fingerprint density at radius 3 is 2.25 bits per heavy atom. The van der Waals surface area contributed by atoms with Gasteiger partial charge >= 0.3 is 0 Å². The van der Waals surface area contributed by atoms with Gasteiger partial charge in [0.25, 0.3) is 0 Å². The molecule has 4 heteroatoms. The number of nitrogens with one attached hydrogen (secondary N) is 2. The van der Waals surface area contributed by atoms with Crippen molar-refractivity contribution in [2.75, 3.05) is 0 Å². The molecule has 0 saturated carbocycles. The summed E-state index contributed by atoms with van der Waals surface area (Å²) in [5, 5.41) is 10.1. The summed E-state index contributed by atoms with van der Waals surface area (Å²) in [4.78, 5) is 10.4. The van der Waals surface area contributed by atoms with E-state index in [2.05, 4.69) is 21.2 Å². The van der Waals surface area contributed by atoms with Gasteiger partial charge < -0.3 is 5.32 Å². The molecule has 0 rings (SSSR count). The van der Waals surface area contributed by atoms with Crippen LogP contribution < -0.4 is 5.32 Å². The van der Waals surface area contributed by atoms with Crippen molar-refractivity contribution < 1.29 is 4.79 Å². The van der Waals surface area contributed by atoms with Gasteiger partial charge in [-0.25, -0.2) is 0 Å². The molecule has 0 aromatic heterocycles. The van der Waals surface area contributed by atoms with E-state index in [4.69, 9.17) is 5.41 Å². The molecule has 0 spiro atoms. The maximum atomic E-state index is 10.4. The van der Waals surface area contributed by atoms with Crippen molar-refractivity contribution in [1.82, 2.24) is 5.32 Å². The Morgan fingerprint density at radius 2 is 2.00 bits per heavy atom. The van der Waals surface area contributed by atoms with Crippen LogP contribution in [-0.4, -0.2) is 16.4 Å². The Hall–Kier alpha value is -0.640. The normalized spacial score (nSPS) is 12.5. The lowest BCUT2D eigenvalue weighted by Gasteiger charge is -2.18. The number of aldehydes is 1. The summed E-state index contributed by atoms with van der Waals surface area (Å²) in [6, 6.07) is 0. The van der Waals surface area contributed by atoms with E-state index in [0.717, 1.165) is 0 Å². The van der Waals surface area contributed by atoms with E-state index in [9.17, 15) is 4.79 Å². The second-order valence-electron chi connectivity index (χ2n) is 3.43. The van der Waals surface area contributed by atoms with Crippen LogP contribution in [0.5, 0.6) is 0 Å². The minimum atomic E-state index is -0.0866. The van der Waals surface area contributed by atoms with E-state index in [1.807, 2.05) is 20.8 Å². The molecule has 0 aromatic carbocycles. The van der Waals surface area contributed by atoms with Crippen LogP contribution in [-0.2, 0) is 4.79 Å². The van der Waals surface area contributed by atoms with Crippen molar-refractivity contribution in [3.8, 4) is 0 Å². The molecule has 0 radical (unpaired) electrons. The predicted octanol–water partition coefficient (Wildman–Crippen LogP) is 1.83. The van der Waals surface area contributed by atoms with Gasteiger partial charge in [0.15, 0.2) is 6.29 Å². The lowest BCUT2D eigenvalue weighted by Crippen LogP contribution is -2.31. The highest BCUT2D eigenvalue weighted by Crippen LogP contribution is 2.02. The first-order valence-corrected chi connectivity index (χ1v) is 4.33. The smallest absolute Gasteiger partial charge is 0.154 e. The average Bonchev–Trinajstić information content (AvgIpc) is 1.85. The Kier molecular flexibility index (Phi) is 4.17. The molecule has 0 aliphatic rings. The molecule has 0 heterocycles. The van der Waals surface area contributed by atoms with Gasteiger partial charge in [0.1, 0.15) is 4.62 Å². The molecule has 3 nitrogen and oxygen atoms in total. The fourth-order valence-corrected chi connectivity index (χ4v) is 0.651. The molecule has 0 amide bonds. The van der Waals surface area contributed by atoms with Crippen LogP contribution in [0, 0.1) is 5.41 Å².